The van der Waals surface area contributed by atoms with Crippen molar-refractivity contribution in [2.45, 2.75) is 47.1 Å². The van der Waals surface area contributed by atoms with Crippen LogP contribution in [0.5, 0.6) is 0 Å². The number of aryl methyl sites for hydroxylation is 1. The summed E-state index contributed by atoms with van der Waals surface area (Å²) in [6.07, 6.45) is 1.12. The summed E-state index contributed by atoms with van der Waals surface area (Å²) in [6.45, 7) is 13.1. The van der Waals surface area contributed by atoms with E-state index in [2.05, 4.69) is 24.1 Å². The molecule has 0 unspecified atom stereocenters. The van der Waals surface area contributed by atoms with Gasteiger partial charge in [0.1, 0.15) is 0 Å². The summed E-state index contributed by atoms with van der Waals surface area (Å²) in [5.41, 5.74) is 2.09. The first-order valence-electron chi connectivity index (χ1n) is 8.53. The fourth-order valence-electron chi connectivity index (χ4n) is 2.75. The summed E-state index contributed by atoms with van der Waals surface area (Å²) in [7, 11) is -3.48. The minimum absolute atomic E-state index is 0.209. The van der Waals surface area contributed by atoms with E-state index in [-0.39, 0.29) is 12.5 Å². The van der Waals surface area contributed by atoms with Gasteiger partial charge in [-0.25, -0.2) is 8.42 Å². The topological polar surface area (TPSA) is 69.7 Å². The molecule has 1 aromatic carbocycles. The molecule has 25 heavy (non-hydrogen) atoms. The zero-order valence-corrected chi connectivity index (χ0v) is 17.2. The molecular formula is C18H31N3O3S. The first-order valence-corrected chi connectivity index (χ1v) is 10.4. The van der Waals surface area contributed by atoms with Gasteiger partial charge in [-0.05, 0) is 65.3 Å². The second kappa shape index (κ2) is 8.19. The van der Waals surface area contributed by atoms with Gasteiger partial charge in [-0.3, -0.25) is 4.79 Å². The predicted molar refractivity (Wildman–Crippen MR) is 105 cm³/mol. The highest BCUT2D eigenvalue weighted by atomic mass is 32.2. The predicted octanol–water partition coefficient (Wildman–Crippen LogP) is 2.84. The van der Waals surface area contributed by atoms with Crippen molar-refractivity contribution in [2.75, 3.05) is 36.1 Å². The molecule has 7 heteroatoms. The molecule has 6 nitrogen and oxygen atoms in total. The van der Waals surface area contributed by atoms with Crippen LogP contribution in [0.1, 0.15) is 40.2 Å². The highest BCUT2D eigenvalue weighted by Crippen LogP contribution is 2.23. The number of hydrogen-bond donors (Lipinski definition) is 1. The van der Waals surface area contributed by atoms with E-state index in [1.807, 2.05) is 25.1 Å². The molecule has 0 spiro atoms. The Morgan fingerprint density at radius 2 is 1.72 bits per heavy atom. The maximum atomic E-state index is 12.4. The third-order valence-electron chi connectivity index (χ3n) is 4.05. The van der Waals surface area contributed by atoms with Crippen LogP contribution in [0.4, 0.5) is 11.4 Å². The Kier molecular flexibility index (Phi) is 7.02. The van der Waals surface area contributed by atoms with Crippen molar-refractivity contribution < 1.29 is 13.2 Å². The van der Waals surface area contributed by atoms with Crippen LogP contribution in [0.3, 0.4) is 0 Å². The average Bonchev–Trinajstić information content (AvgIpc) is 2.46. The minimum Gasteiger partial charge on any atom is -0.372 e. The number of benzene rings is 1. The Hall–Kier alpha value is -1.60. The van der Waals surface area contributed by atoms with Crippen LogP contribution in [-0.4, -0.2) is 50.1 Å². The van der Waals surface area contributed by atoms with Crippen LogP contribution < -0.4 is 10.2 Å². The Balaban J connectivity index is 2.93. The van der Waals surface area contributed by atoms with Crippen molar-refractivity contribution in [3.8, 4) is 0 Å². The zero-order chi connectivity index (χ0) is 19.4. The first-order chi connectivity index (χ1) is 11.4. The van der Waals surface area contributed by atoms with Gasteiger partial charge in [-0.15, -0.1) is 0 Å². The molecular weight excluding hydrogens is 338 g/mol. The largest absolute Gasteiger partial charge is 0.372 e. The van der Waals surface area contributed by atoms with Gasteiger partial charge < -0.3 is 10.2 Å². The molecule has 0 aliphatic heterocycles. The SMILES string of the molecule is CCN(CC)c1ccc(NC(=O)CN(C(C)(C)C)S(C)(=O)=O)c(C)c1. The van der Waals surface area contributed by atoms with Crippen LogP contribution in [0.2, 0.25) is 0 Å². The van der Waals surface area contributed by atoms with E-state index in [1.165, 1.54) is 4.31 Å². The number of nitrogens with one attached hydrogen (secondary N) is 1. The second-order valence-electron chi connectivity index (χ2n) is 7.16. The number of rotatable bonds is 7. The molecule has 0 bridgehead atoms. The van der Waals surface area contributed by atoms with E-state index in [4.69, 9.17) is 0 Å². The van der Waals surface area contributed by atoms with E-state index in [1.54, 1.807) is 20.8 Å². The van der Waals surface area contributed by atoms with Crippen LogP contribution in [0.25, 0.3) is 0 Å². The van der Waals surface area contributed by atoms with Crippen LogP contribution in [0.15, 0.2) is 18.2 Å². The van der Waals surface area contributed by atoms with Gasteiger partial charge in [-0.1, -0.05) is 0 Å². The second-order valence-corrected chi connectivity index (χ2v) is 9.07. The number of carbonyl (C=O) groups is 1. The third kappa shape index (κ3) is 6.01. The van der Waals surface area contributed by atoms with E-state index < -0.39 is 15.6 Å². The van der Waals surface area contributed by atoms with Gasteiger partial charge in [-0.2, -0.15) is 4.31 Å². The number of amides is 1. The molecule has 1 amide bonds. The van der Waals surface area contributed by atoms with Gasteiger partial charge in [0.25, 0.3) is 0 Å². The van der Waals surface area contributed by atoms with Crippen molar-refractivity contribution in [3.63, 3.8) is 0 Å². The molecule has 0 atom stereocenters. The molecule has 1 rings (SSSR count). The molecule has 0 aliphatic carbocycles. The standard InChI is InChI=1S/C18H31N3O3S/c1-8-20(9-2)15-10-11-16(14(3)12-15)19-17(22)13-21(18(4,5)6)25(7,23)24/h10-12H,8-9,13H2,1-7H3,(H,19,22). The molecule has 0 aromatic heterocycles. The highest BCUT2D eigenvalue weighted by Gasteiger charge is 2.31. The van der Waals surface area contributed by atoms with Crippen molar-refractivity contribution >= 4 is 27.3 Å². The lowest BCUT2D eigenvalue weighted by molar-refractivity contribution is -0.117. The fourth-order valence-corrected chi connectivity index (χ4v) is 4.09. The van der Waals surface area contributed by atoms with E-state index in [0.29, 0.717) is 5.69 Å². The maximum Gasteiger partial charge on any atom is 0.239 e. The Labute approximate surface area is 152 Å². The molecule has 0 saturated heterocycles. The lowest BCUT2D eigenvalue weighted by atomic mass is 10.1. The maximum absolute atomic E-state index is 12.4. The van der Waals surface area contributed by atoms with Crippen molar-refractivity contribution in [3.05, 3.63) is 23.8 Å². The number of hydrogen-bond acceptors (Lipinski definition) is 4. The fraction of sp³-hybridized carbons (Fsp3) is 0.611. The van der Waals surface area contributed by atoms with Gasteiger partial charge in [0.05, 0.1) is 12.8 Å². The zero-order valence-electron chi connectivity index (χ0n) is 16.4. The summed E-state index contributed by atoms with van der Waals surface area (Å²) >= 11 is 0. The van der Waals surface area contributed by atoms with E-state index in [9.17, 15) is 13.2 Å². The van der Waals surface area contributed by atoms with Crippen molar-refractivity contribution in [1.29, 1.82) is 0 Å². The Morgan fingerprint density at radius 1 is 1.16 bits per heavy atom. The van der Waals surface area contributed by atoms with Crippen LogP contribution >= 0.6 is 0 Å². The molecule has 0 saturated carbocycles. The first kappa shape index (κ1) is 21.4. The quantitative estimate of drug-likeness (QED) is 0.802. The van der Waals surface area contributed by atoms with E-state index >= 15 is 0 Å². The number of nitrogens with zero attached hydrogens (tertiary/aromatic N) is 2. The van der Waals surface area contributed by atoms with Gasteiger partial charge >= 0.3 is 0 Å². The molecule has 0 fully saturated rings. The molecule has 1 N–H and O–H groups in total. The number of sulfonamides is 1. The van der Waals surface area contributed by atoms with Crippen molar-refractivity contribution in [2.24, 2.45) is 0 Å². The van der Waals surface area contributed by atoms with Gasteiger partial charge in [0.2, 0.25) is 15.9 Å². The van der Waals surface area contributed by atoms with Crippen LogP contribution in [0, 0.1) is 6.92 Å². The molecule has 1 aromatic rings. The third-order valence-corrected chi connectivity index (χ3v) is 5.53. The van der Waals surface area contributed by atoms with E-state index in [0.717, 1.165) is 30.6 Å². The Bertz CT molecular complexity index is 705. The highest BCUT2D eigenvalue weighted by molar-refractivity contribution is 7.88. The lowest BCUT2D eigenvalue weighted by Crippen LogP contribution is -2.48. The summed E-state index contributed by atoms with van der Waals surface area (Å²) in [4.78, 5) is 14.6. The average molecular weight is 370 g/mol. The summed E-state index contributed by atoms with van der Waals surface area (Å²) in [5.74, 6) is -0.348. The van der Waals surface area contributed by atoms with Gasteiger partial charge in [0.15, 0.2) is 0 Å². The minimum atomic E-state index is -3.48. The smallest absolute Gasteiger partial charge is 0.239 e. The summed E-state index contributed by atoms with van der Waals surface area (Å²) < 4.78 is 25.1. The molecule has 0 aliphatic rings. The van der Waals surface area contributed by atoms with Crippen LogP contribution in [-0.2, 0) is 14.8 Å². The molecule has 142 valence electrons. The number of carbonyl (C=O) groups excluding carboxylic acids is 1. The summed E-state index contributed by atoms with van der Waals surface area (Å²) in [5, 5.41) is 2.82. The monoisotopic (exact) mass is 369 g/mol. The normalized spacial score (nSPS) is 12.3. The van der Waals surface area contributed by atoms with Gasteiger partial charge in [0, 0.05) is 30.0 Å². The number of anilines is 2. The Morgan fingerprint density at radius 3 is 2.12 bits per heavy atom. The summed E-state index contributed by atoms with van der Waals surface area (Å²) in [6, 6.07) is 5.86. The molecule has 0 radical (unpaired) electrons. The lowest BCUT2D eigenvalue weighted by Gasteiger charge is -2.32. The van der Waals surface area contributed by atoms with Crippen molar-refractivity contribution in [1.82, 2.24) is 4.31 Å². The molecule has 0 heterocycles.